The lowest BCUT2D eigenvalue weighted by molar-refractivity contribution is -0.384. The Balaban J connectivity index is 2.28. The fourth-order valence-electron chi connectivity index (χ4n) is 2.98. The smallest absolute Gasteiger partial charge is 0.293 e. The van der Waals surface area contributed by atoms with Crippen molar-refractivity contribution < 1.29 is 18.1 Å². The lowest BCUT2D eigenvalue weighted by atomic mass is 10.1. The molecule has 1 saturated heterocycles. The number of nitro benzene ring substituents is 1. The van der Waals surface area contributed by atoms with E-state index >= 15 is 0 Å². The lowest BCUT2D eigenvalue weighted by Crippen LogP contribution is -2.47. The maximum absolute atomic E-state index is 12.8. The van der Waals surface area contributed by atoms with E-state index in [9.17, 15) is 23.3 Å². The van der Waals surface area contributed by atoms with E-state index in [2.05, 4.69) is 10.6 Å². The molecule has 0 aromatic heterocycles. The summed E-state index contributed by atoms with van der Waals surface area (Å²) >= 11 is 0. The first-order valence-corrected chi connectivity index (χ1v) is 10.7. The molecule has 28 heavy (non-hydrogen) atoms. The Bertz CT molecular complexity index is 842. The number of nitro groups is 1. The second-order valence-electron chi connectivity index (χ2n) is 8.01. The van der Waals surface area contributed by atoms with Crippen molar-refractivity contribution in [3.63, 3.8) is 0 Å². The summed E-state index contributed by atoms with van der Waals surface area (Å²) in [4.78, 5) is 23.0. The maximum Gasteiger partial charge on any atom is 0.293 e. The zero-order chi connectivity index (χ0) is 21.1. The van der Waals surface area contributed by atoms with Gasteiger partial charge in [0, 0.05) is 24.7 Å². The number of sulfonamides is 1. The van der Waals surface area contributed by atoms with Gasteiger partial charge >= 0.3 is 0 Å². The average molecular weight is 413 g/mol. The molecule has 1 aliphatic heterocycles. The van der Waals surface area contributed by atoms with Gasteiger partial charge in [-0.15, -0.1) is 0 Å². The Morgan fingerprint density at radius 3 is 2.36 bits per heavy atom. The van der Waals surface area contributed by atoms with Gasteiger partial charge in [0.15, 0.2) is 0 Å². The van der Waals surface area contributed by atoms with Crippen LogP contribution in [0.5, 0.6) is 0 Å². The fraction of sp³-hybridized carbons (Fsp3) is 0.611. The number of hydrogen-bond donors (Lipinski definition) is 2. The standard InChI is InChI=1S/C18H28N4O5S/c1-13(17(23)20-18(2,3)4)19-15-9-8-14(12-16(15)22(24)25)28(26,27)21-10-6-5-7-11-21/h8-9,12-13,19H,5-7,10-11H2,1-4H3,(H,20,23). The van der Waals surface area contributed by atoms with Crippen molar-refractivity contribution in [1.82, 2.24) is 9.62 Å². The number of piperidine rings is 1. The first-order chi connectivity index (χ1) is 12.9. The quantitative estimate of drug-likeness (QED) is 0.547. The SMILES string of the molecule is CC(Nc1ccc(S(=O)(=O)N2CCCCC2)cc1[N+](=O)[O-])C(=O)NC(C)(C)C. The summed E-state index contributed by atoms with van der Waals surface area (Å²) in [6, 6.07) is 3.01. The van der Waals surface area contributed by atoms with E-state index in [-0.39, 0.29) is 22.2 Å². The van der Waals surface area contributed by atoms with Crippen LogP contribution in [0.25, 0.3) is 0 Å². The summed E-state index contributed by atoms with van der Waals surface area (Å²) in [5.41, 5.74) is -0.724. The number of rotatable bonds is 6. The molecule has 0 bridgehead atoms. The Morgan fingerprint density at radius 2 is 1.82 bits per heavy atom. The summed E-state index contributed by atoms with van der Waals surface area (Å²) in [7, 11) is -3.78. The second kappa shape index (κ2) is 8.44. The van der Waals surface area contributed by atoms with E-state index in [0.29, 0.717) is 13.1 Å². The number of nitrogens with zero attached hydrogens (tertiary/aromatic N) is 2. The van der Waals surface area contributed by atoms with E-state index in [1.165, 1.54) is 16.4 Å². The molecule has 1 unspecified atom stereocenters. The minimum Gasteiger partial charge on any atom is -0.368 e. The normalized spacial score (nSPS) is 17.0. The number of benzene rings is 1. The molecule has 1 heterocycles. The number of amides is 1. The van der Waals surface area contributed by atoms with Crippen LogP contribution in [-0.2, 0) is 14.8 Å². The monoisotopic (exact) mass is 412 g/mol. The summed E-state index contributed by atoms with van der Waals surface area (Å²) in [5, 5.41) is 17.1. The van der Waals surface area contributed by atoms with Gasteiger partial charge in [0.25, 0.3) is 5.69 Å². The van der Waals surface area contributed by atoms with E-state index in [1.54, 1.807) is 6.92 Å². The van der Waals surface area contributed by atoms with Crippen molar-refractivity contribution in [1.29, 1.82) is 0 Å². The Morgan fingerprint density at radius 1 is 1.21 bits per heavy atom. The summed E-state index contributed by atoms with van der Waals surface area (Å²) in [6.07, 6.45) is 2.53. The number of nitrogens with one attached hydrogen (secondary N) is 2. The van der Waals surface area contributed by atoms with Gasteiger partial charge in [-0.2, -0.15) is 4.31 Å². The predicted octanol–water partition coefficient (Wildman–Crippen LogP) is 2.48. The van der Waals surface area contributed by atoms with Crippen LogP contribution in [-0.4, -0.2) is 48.2 Å². The van der Waals surface area contributed by atoms with Crippen LogP contribution in [0.2, 0.25) is 0 Å². The first-order valence-electron chi connectivity index (χ1n) is 9.29. The van der Waals surface area contributed by atoms with Gasteiger partial charge in [-0.05, 0) is 52.7 Å². The molecule has 0 saturated carbocycles. The Hall–Kier alpha value is -2.20. The molecule has 1 atom stereocenters. The van der Waals surface area contributed by atoms with Gasteiger partial charge in [0.05, 0.1) is 9.82 Å². The molecule has 1 aromatic rings. The molecule has 156 valence electrons. The molecular formula is C18H28N4O5S. The average Bonchev–Trinajstić information content (AvgIpc) is 2.61. The maximum atomic E-state index is 12.8. The first kappa shape index (κ1) is 22.1. The van der Waals surface area contributed by atoms with Crippen LogP contribution in [0.4, 0.5) is 11.4 Å². The number of carbonyl (C=O) groups excluding carboxylic acids is 1. The molecule has 1 aromatic carbocycles. The number of anilines is 1. The topological polar surface area (TPSA) is 122 Å². The highest BCUT2D eigenvalue weighted by Crippen LogP contribution is 2.30. The third-order valence-electron chi connectivity index (χ3n) is 4.38. The van der Waals surface area contributed by atoms with E-state index in [1.807, 2.05) is 20.8 Å². The molecular weight excluding hydrogens is 384 g/mol. The lowest BCUT2D eigenvalue weighted by Gasteiger charge is -2.26. The van der Waals surface area contributed by atoms with Crippen LogP contribution in [0.3, 0.4) is 0 Å². The minimum absolute atomic E-state index is 0.0964. The van der Waals surface area contributed by atoms with E-state index < -0.39 is 26.5 Å². The van der Waals surface area contributed by atoms with Gasteiger partial charge in [-0.1, -0.05) is 6.42 Å². The van der Waals surface area contributed by atoms with Crippen LogP contribution in [0, 0.1) is 10.1 Å². The molecule has 2 N–H and O–H groups in total. The second-order valence-corrected chi connectivity index (χ2v) is 9.94. The van der Waals surface area contributed by atoms with Crippen LogP contribution in [0.15, 0.2) is 23.1 Å². The molecule has 0 aliphatic carbocycles. The zero-order valence-corrected chi connectivity index (χ0v) is 17.5. The fourth-order valence-corrected chi connectivity index (χ4v) is 4.51. The third kappa shape index (κ3) is 5.41. The highest BCUT2D eigenvalue weighted by atomic mass is 32.2. The van der Waals surface area contributed by atoms with Crippen molar-refractivity contribution in [3.8, 4) is 0 Å². The molecule has 1 aliphatic rings. The van der Waals surface area contributed by atoms with Gasteiger partial charge in [0.2, 0.25) is 15.9 Å². The third-order valence-corrected chi connectivity index (χ3v) is 6.28. The highest BCUT2D eigenvalue weighted by molar-refractivity contribution is 7.89. The van der Waals surface area contributed by atoms with E-state index in [4.69, 9.17) is 0 Å². The van der Waals surface area contributed by atoms with Gasteiger partial charge < -0.3 is 10.6 Å². The largest absolute Gasteiger partial charge is 0.368 e. The molecule has 1 amide bonds. The van der Waals surface area contributed by atoms with Crippen molar-refractivity contribution in [2.45, 2.75) is 63.4 Å². The summed E-state index contributed by atoms with van der Waals surface area (Å²) in [5.74, 6) is -0.313. The van der Waals surface area contributed by atoms with Gasteiger partial charge in [0.1, 0.15) is 11.7 Å². The summed E-state index contributed by atoms with van der Waals surface area (Å²) < 4.78 is 26.9. The molecule has 0 spiro atoms. The predicted molar refractivity (Wildman–Crippen MR) is 107 cm³/mol. The Labute approximate surface area is 165 Å². The molecule has 0 radical (unpaired) electrons. The van der Waals surface area contributed by atoms with Crippen LogP contribution < -0.4 is 10.6 Å². The number of hydrogen-bond acceptors (Lipinski definition) is 6. The molecule has 9 nitrogen and oxygen atoms in total. The van der Waals surface area contributed by atoms with Crippen molar-refractivity contribution in [2.75, 3.05) is 18.4 Å². The number of carbonyl (C=O) groups is 1. The summed E-state index contributed by atoms with van der Waals surface area (Å²) in [6.45, 7) is 7.92. The molecule has 10 heteroatoms. The Kier molecular flexibility index (Phi) is 6.66. The van der Waals surface area contributed by atoms with Crippen molar-refractivity contribution in [2.24, 2.45) is 0 Å². The molecule has 1 fully saturated rings. The van der Waals surface area contributed by atoms with Gasteiger partial charge in [-0.25, -0.2) is 8.42 Å². The van der Waals surface area contributed by atoms with Crippen LogP contribution >= 0.6 is 0 Å². The van der Waals surface area contributed by atoms with Crippen molar-refractivity contribution in [3.05, 3.63) is 28.3 Å². The minimum atomic E-state index is -3.78. The molecule has 2 rings (SSSR count). The van der Waals surface area contributed by atoms with E-state index in [0.717, 1.165) is 25.3 Å². The van der Waals surface area contributed by atoms with Crippen LogP contribution in [0.1, 0.15) is 47.0 Å². The highest BCUT2D eigenvalue weighted by Gasteiger charge is 2.29. The van der Waals surface area contributed by atoms with Crippen molar-refractivity contribution >= 4 is 27.3 Å². The zero-order valence-electron chi connectivity index (χ0n) is 16.7. The van der Waals surface area contributed by atoms with Gasteiger partial charge in [-0.3, -0.25) is 14.9 Å².